The summed E-state index contributed by atoms with van der Waals surface area (Å²) in [6, 6.07) is 4.09. The van der Waals surface area contributed by atoms with Crippen molar-refractivity contribution in [3.8, 4) is 0 Å². The molecule has 0 aliphatic carbocycles. The standard InChI is InChI=1S/C13H13Cl2NO3/c1-2-11(13(18)19)16-12(17)7-6-8-9(14)4-3-5-10(8)15/h3-7,11H,2H2,1H3,(H,16,17)(H,18,19)/b7-6+. The van der Waals surface area contributed by atoms with Crippen molar-refractivity contribution in [1.29, 1.82) is 0 Å². The van der Waals surface area contributed by atoms with Crippen molar-refractivity contribution in [2.45, 2.75) is 19.4 Å². The van der Waals surface area contributed by atoms with Crippen molar-refractivity contribution in [3.63, 3.8) is 0 Å². The normalized spacial score (nSPS) is 12.4. The Bertz CT molecular complexity index is 494. The molecule has 1 unspecified atom stereocenters. The van der Waals surface area contributed by atoms with Gasteiger partial charge in [-0.3, -0.25) is 4.79 Å². The summed E-state index contributed by atoms with van der Waals surface area (Å²) < 4.78 is 0. The number of carbonyl (C=O) groups excluding carboxylic acids is 1. The van der Waals surface area contributed by atoms with E-state index in [4.69, 9.17) is 28.3 Å². The van der Waals surface area contributed by atoms with Gasteiger partial charge in [0.05, 0.1) is 0 Å². The first-order valence-electron chi connectivity index (χ1n) is 5.61. The number of hydrogen-bond donors (Lipinski definition) is 2. The van der Waals surface area contributed by atoms with Crippen LogP contribution in [-0.2, 0) is 9.59 Å². The molecule has 6 heteroatoms. The maximum atomic E-state index is 11.6. The molecular formula is C13H13Cl2NO3. The predicted octanol–water partition coefficient (Wildman–Crippen LogP) is 2.99. The summed E-state index contributed by atoms with van der Waals surface area (Å²) in [4.78, 5) is 22.3. The minimum atomic E-state index is -1.07. The molecule has 0 aromatic heterocycles. The van der Waals surface area contributed by atoms with Gasteiger partial charge < -0.3 is 10.4 Å². The molecule has 0 aliphatic heterocycles. The third-order valence-corrected chi connectivity index (χ3v) is 3.08. The van der Waals surface area contributed by atoms with Crippen LogP contribution in [0.2, 0.25) is 10.0 Å². The summed E-state index contributed by atoms with van der Waals surface area (Å²) in [5, 5.41) is 12.0. The molecule has 0 saturated heterocycles. The fraction of sp³-hybridized carbons (Fsp3) is 0.231. The van der Waals surface area contributed by atoms with Crippen molar-refractivity contribution >= 4 is 41.2 Å². The van der Waals surface area contributed by atoms with Gasteiger partial charge in [0.15, 0.2) is 0 Å². The highest BCUT2D eigenvalue weighted by atomic mass is 35.5. The lowest BCUT2D eigenvalue weighted by molar-refractivity contribution is -0.141. The SMILES string of the molecule is CCC(NC(=O)/C=C/c1c(Cl)cccc1Cl)C(=O)O. The average Bonchev–Trinajstić information content (AvgIpc) is 2.35. The number of rotatable bonds is 5. The Morgan fingerprint density at radius 2 is 1.95 bits per heavy atom. The summed E-state index contributed by atoms with van der Waals surface area (Å²) in [7, 11) is 0. The number of carbonyl (C=O) groups is 2. The molecule has 0 spiro atoms. The van der Waals surface area contributed by atoms with Gasteiger partial charge in [-0.1, -0.05) is 36.2 Å². The van der Waals surface area contributed by atoms with E-state index in [1.54, 1.807) is 25.1 Å². The van der Waals surface area contributed by atoms with E-state index in [-0.39, 0.29) is 0 Å². The van der Waals surface area contributed by atoms with Crippen LogP contribution < -0.4 is 5.32 Å². The summed E-state index contributed by atoms with van der Waals surface area (Å²) in [5.41, 5.74) is 0.518. The van der Waals surface area contributed by atoms with Crippen LogP contribution in [0.3, 0.4) is 0 Å². The molecule has 0 saturated carbocycles. The van der Waals surface area contributed by atoms with Crippen LogP contribution in [-0.4, -0.2) is 23.0 Å². The van der Waals surface area contributed by atoms with Gasteiger partial charge in [0.2, 0.25) is 5.91 Å². The number of benzene rings is 1. The highest BCUT2D eigenvalue weighted by Crippen LogP contribution is 2.25. The molecule has 1 aromatic carbocycles. The van der Waals surface area contributed by atoms with E-state index in [1.807, 2.05) is 0 Å². The highest BCUT2D eigenvalue weighted by Gasteiger charge is 2.15. The van der Waals surface area contributed by atoms with Crippen LogP contribution >= 0.6 is 23.2 Å². The zero-order valence-corrected chi connectivity index (χ0v) is 11.7. The van der Waals surface area contributed by atoms with E-state index in [1.165, 1.54) is 12.2 Å². The van der Waals surface area contributed by atoms with Gasteiger partial charge in [0, 0.05) is 21.7 Å². The summed E-state index contributed by atoms with van der Waals surface area (Å²) in [6.07, 6.45) is 2.97. The number of hydrogen-bond acceptors (Lipinski definition) is 2. The minimum absolute atomic E-state index is 0.307. The largest absolute Gasteiger partial charge is 0.480 e. The van der Waals surface area contributed by atoms with Crippen LogP contribution in [0.5, 0.6) is 0 Å². The fourth-order valence-corrected chi connectivity index (χ4v) is 1.91. The summed E-state index contributed by atoms with van der Waals surface area (Å²) in [5.74, 6) is -1.58. The van der Waals surface area contributed by atoms with Gasteiger partial charge in [-0.05, 0) is 24.6 Å². The first kappa shape index (κ1) is 15.5. The quantitative estimate of drug-likeness (QED) is 0.822. The van der Waals surface area contributed by atoms with Gasteiger partial charge in [-0.2, -0.15) is 0 Å². The van der Waals surface area contributed by atoms with Gasteiger partial charge in [-0.15, -0.1) is 0 Å². The van der Waals surface area contributed by atoms with E-state index in [0.717, 1.165) is 0 Å². The van der Waals surface area contributed by atoms with E-state index in [9.17, 15) is 9.59 Å². The molecule has 0 fully saturated rings. The van der Waals surface area contributed by atoms with Crippen LogP contribution in [0.1, 0.15) is 18.9 Å². The molecule has 1 atom stereocenters. The topological polar surface area (TPSA) is 66.4 Å². The average molecular weight is 302 g/mol. The van der Waals surface area contributed by atoms with Crippen molar-refractivity contribution in [2.75, 3.05) is 0 Å². The molecule has 0 radical (unpaired) electrons. The summed E-state index contributed by atoms with van der Waals surface area (Å²) >= 11 is 11.9. The lowest BCUT2D eigenvalue weighted by atomic mass is 10.2. The molecule has 1 aromatic rings. The fourth-order valence-electron chi connectivity index (χ4n) is 1.39. The second kappa shape index (κ2) is 7.16. The molecule has 1 rings (SSSR count). The number of carboxylic acid groups (broad SMARTS) is 1. The molecule has 102 valence electrons. The molecule has 4 nitrogen and oxygen atoms in total. The Kier molecular flexibility index (Phi) is 5.86. The Balaban J connectivity index is 2.76. The maximum absolute atomic E-state index is 11.6. The monoisotopic (exact) mass is 301 g/mol. The highest BCUT2D eigenvalue weighted by molar-refractivity contribution is 6.37. The van der Waals surface area contributed by atoms with Crippen LogP contribution in [0.25, 0.3) is 6.08 Å². The van der Waals surface area contributed by atoms with Crippen LogP contribution in [0, 0.1) is 0 Å². The molecule has 0 aliphatic rings. The number of aliphatic carboxylic acids is 1. The van der Waals surface area contributed by atoms with Crippen LogP contribution in [0.15, 0.2) is 24.3 Å². The van der Waals surface area contributed by atoms with Crippen LogP contribution in [0.4, 0.5) is 0 Å². The molecule has 2 N–H and O–H groups in total. The number of nitrogens with one attached hydrogen (secondary N) is 1. The molecule has 19 heavy (non-hydrogen) atoms. The molecule has 0 heterocycles. The predicted molar refractivity (Wildman–Crippen MR) is 75.4 cm³/mol. The van der Waals surface area contributed by atoms with Crippen molar-refractivity contribution in [3.05, 3.63) is 39.9 Å². The Labute approximate surface area is 121 Å². The van der Waals surface area contributed by atoms with Gasteiger partial charge in [0.1, 0.15) is 6.04 Å². The third-order valence-electron chi connectivity index (χ3n) is 2.42. The Morgan fingerprint density at radius 3 is 2.42 bits per heavy atom. The molecular weight excluding hydrogens is 289 g/mol. The molecule has 0 bridgehead atoms. The first-order valence-corrected chi connectivity index (χ1v) is 6.36. The smallest absolute Gasteiger partial charge is 0.326 e. The van der Waals surface area contributed by atoms with Gasteiger partial charge in [-0.25, -0.2) is 4.79 Å². The second-order valence-corrected chi connectivity index (χ2v) is 4.59. The Hall–Kier alpha value is -1.52. The maximum Gasteiger partial charge on any atom is 0.326 e. The number of halogens is 2. The lowest BCUT2D eigenvalue weighted by Gasteiger charge is -2.10. The van der Waals surface area contributed by atoms with Gasteiger partial charge in [0.25, 0.3) is 0 Å². The second-order valence-electron chi connectivity index (χ2n) is 3.78. The van der Waals surface area contributed by atoms with Crippen molar-refractivity contribution < 1.29 is 14.7 Å². The zero-order valence-electron chi connectivity index (χ0n) is 10.2. The van der Waals surface area contributed by atoms with Crippen molar-refractivity contribution in [1.82, 2.24) is 5.32 Å². The molecule has 1 amide bonds. The first-order chi connectivity index (χ1) is 8.95. The third kappa shape index (κ3) is 4.58. The lowest BCUT2D eigenvalue weighted by Crippen LogP contribution is -2.39. The summed E-state index contributed by atoms with van der Waals surface area (Å²) in [6.45, 7) is 1.67. The number of amides is 1. The van der Waals surface area contributed by atoms with E-state index >= 15 is 0 Å². The minimum Gasteiger partial charge on any atom is -0.480 e. The van der Waals surface area contributed by atoms with E-state index < -0.39 is 17.9 Å². The van der Waals surface area contributed by atoms with E-state index in [2.05, 4.69) is 5.32 Å². The van der Waals surface area contributed by atoms with Gasteiger partial charge >= 0.3 is 5.97 Å². The number of carboxylic acids is 1. The van der Waals surface area contributed by atoms with E-state index in [0.29, 0.717) is 22.0 Å². The van der Waals surface area contributed by atoms with Crippen molar-refractivity contribution in [2.24, 2.45) is 0 Å². The Morgan fingerprint density at radius 1 is 1.37 bits per heavy atom. The zero-order chi connectivity index (χ0) is 14.4.